The van der Waals surface area contributed by atoms with Crippen molar-refractivity contribution in [3.8, 4) is 0 Å². The van der Waals surface area contributed by atoms with Crippen LogP contribution in [0.4, 0.5) is 5.69 Å². The lowest BCUT2D eigenvalue weighted by molar-refractivity contribution is -0.120. The van der Waals surface area contributed by atoms with E-state index in [2.05, 4.69) is 15.1 Å². The standard InChI is InChI=1S/C17H22ClN5O3S/c1-10-13(18)6-5-7-14(10)20-17(24)16-8-15(21-27(25,26)23(16)4)12-9-19-22(3)11(12)2/h5-7,9,15-16,21H,8H2,1-4H3,(H,20,24)/t15-,16-/m1/s1. The fourth-order valence-corrected chi connectivity index (χ4v) is 4.57. The molecule has 1 aromatic heterocycles. The molecule has 2 heterocycles. The van der Waals surface area contributed by atoms with Crippen LogP contribution in [0.5, 0.6) is 0 Å². The van der Waals surface area contributed by atoms with Crippen LogP contribution in [0.2, 0.25) is 5.02 Å². The van der Waals surface area contributed by atoms with Crippen LogP contribution in [-0.2, 0) is 22.1 Å². The van der Waals surface area contributed by atoms with Gasteiger partial charge in [-0.05, 0) is 38.0 Å². The number of halogens is 1. The zero-order chi connectivity index (χ0) is 19.9. The van der Waals surface area contributed by atoms with Crippen molar-refractivity contribution in [2.45, 2.75) is 32.4 Å². The van der Waals surface area contributed by atoms with Gasteiger partial charge in [0.1, 0.15) is 6.04 Å². The van der Waals surface area contributed by atoms with E-state index in [1.165, 1.54) is 7.05 Å². The zero-order valence-electron chi connectivity index (χ0n) is 15.5. The van der Waals surface area contributed by atoms with Crippen LogP contribution in [-0.4, -0.2) is 41.5 Å². The van der Waals surface area contributed by atoms with Crippen molar-refractivity contribution in [3.63, 3.8) is 0 Å². The number of hydrogen-bond acceptors (Lipinski definition) is 4. The SMILES string of the molecule is Cc1c(Cl)cccc1NC(=O)[C@H]1C[C@H](c2cnn(C)c2C)NS(=O)(=O)N1C. The summed E-state index contributed by atoms with van der Waals surface area (Å²) < 4.78 is 30.5. The highest BCUT2D eigenvalue weighted by atomic mass is 35.5. The Hall–Kier alpha value is -1.94. The topological polar surface area (TPSA) is 96.3 Å². The van der Waals surface area contributed by atoms with Gasteiger partial charge in [-0.2, -0.15) is 22.5 Å². The molecule has 0 bridgehead atoms. The predicted molar refractivity (Wildman–Crippen MR) is 104 cm³/mol. The Labute approximate surface area is 163 Å². The molecule has 1 saturated heterocycles. The Balaban J connectivity index is 1.89. The highest BCUT2D eigenvalue weighted by Gasteiger charge is 2.41. The van der Waals surface area contributed by atoms with Crippen molar-refractivity contribution < 1.29 is 13.2 Å². The first kappa shape index (κ1) is 19.8. The van der Waals surface area contributed by atoms with Crippen LogP contribution in [0.1, 0.15) is 29.3 Å². The van der Waals surface area contributed by atoms with Gasteiger partial charge in [0.15, 0.2) is 0 Å². The minimum absolute atomic E-state index is 0.285. The maximum absolute atomic E-state index is 12.9. The molecule has 0 unspecified atom stereocenters. The van der Waals surface area contributed by atoms with Crippen molar-refractivity contribution in [2.24, 2.45) is 7.05 Å². The summed E-state index contributed by atoms with van der Waals surface area (Å²) in [6.07, 6.45) is 1.91. The number of hydrogen-bond donors (Lipinski definition) is 2. The van der Waals surface area contributed by atoms with Crippen LogP contribution in [0.3, 0.4) is 0 Å². The number of anilines is 1. The van der Waals surface area contributed by atoms with Gasteiger partial charge in [0.2, 0.25) is 5.91 Å². The second kappa shape index (κ2) is 7.23. The summed E-state index contributed by atoms with van der Waals surface area (Å²) in [5, 5.41) is 7.50. The van der Waals surface area contributed by atoms with E-state index >= 15 is 0 Å². The molecule has 1 fully saturated rings. The number of nitrogens with one attached hydrogen (secondary N) is 2. The predicted octanol–water partition coefficient (Wildman–Crippen LogP) is 1.91. The van der Waals surface area contributed by atoms with Gasteiger partial charge >= 0.3 is 0 Å². The normalized spacial score (nSPS) is 22.6. The quantitative estimate of drug-likeness (QED) is 0.806. The summed E-state index contributed by atoms with van der Waals surface area (Å²) in [5.74, 6) is -0.403. The van der Waals surface area contributed by atoms with Gasteiger partial charge < -0.3 is 5.32 Å². The number of carbonyl (C=O) groups excluding carboxylic acids is 1. The molecule has 146 valence electrons. The minimum Gasteiger partial charge on any atom is -0.324 e. The van der Waals surface area contributed by atoms with E-state index in [4.69, 9.17) is 11.6 Å². The Morgan fingerprint density at radius 1 is 1.33 bits per heavy atom. The second-order valence-electron chi connectivity index (χ2n) is 6.65. The molecule has 27 heavy (non-hydrogen) atoms. The fraction of sp³-hybridized carbons (Fsp3) is 0.412. The van der Waals surface area contributed by atoms with Gasteiger partial charge in [0.05, 0.1) is 12.2 Å². The summed E-state index contributed by atoms with van der Waals surface area (Å²) in [4.78, 5) is 12.9. The molecule has 2 N–H and O–H groups in total. The average molecular weight is 412 g/mol. The van der Waals surface area contributed by atoms with Gasteiger partial charge in [-0.3, -0.25) is 9.48 Å². The first-order valence-corrected chi connectivity index (χ1v) is 10.2. The summed E-state index contributed by atoms with van der Waals surface area (Å²) in [5.41, 5.74) is 2.89. The van der Waals surface area contributed by atoms with E-state index in [-0.39, 0.29) is 6.42 Å². The van der Waals surface area contributed by atoms with E-state index in [1.54, 1.807) is 43.0 Å². The van der Waals surface area contributed by atoms with Gasteiger partial charge in [-0.15, -0.1) is 0 Å². The van der Waals surface area contributed by atoms with E-state index in [1.807, 2.05) is 6.92 Å². The summed E-state index contributed by atoms with van der Waals surface area (Å²) in [6.45, 7) is 3.65. The molecule has 0 aliphatic carbocycles. The number of likely N-dealkylation sites (N-methyl/N-ethyl adjacent to an activating group) is 1. The Morgan fingerprint density at radius 2 is 2.04 bits per heavy atom. The molecular weight excluding hydrogens is 390 g/mol. The lowest BCUT2D eigenvalue weighted by Crippen LogP contribution is -2.56. The Morgan fingerprint density at radius 3 is 2.67 bits per heavy atom. The third-order valence-corrected chi connectivity index (χ3v) is 7.05. The van der Waals surface area contributed by atoms with E-state index in [0.29, 0.717) is 10.7 Å². The van der Waals surface area contributed by atoms with Gasteiger partial charge in [0.25, 0.3) is 10.2 Å². The molecule has 1 aromatic carbocycles. The summed E-state index contributed by atoms with van der Waals surface area (Å²) >= 11 is 6.10. The molecule has 8 nitrogen and oxygen atoms in total. The first-order chi connectivity index (χ1) is 12.6. The monoisotopic (exact) mass is 411 g/mol. The molecule has 2 aromatic rings. The smallest absolute Gasteiger partial charge is 0.280 e. The molecule has 3 rings (SSSR count). The van der Waals surface area contributed by atoms with Crippen LogP contribution >= 0.6 is 11.6 Å². The second-order valence-corrected chi connectivity index (χ2v) is 8.82. The van der Waals surface area contributed by atoms with Crippen molar-refractivity contribution >= 4 is 33.4 Å². The molecule has 0 saturated carbocycles. The molecule has 0 spiro atoms. The third kappa shape index (κ3) is 3.73. The van der Waals surface area contributed by atoms with E-state index in [9.17, 15) is 13.2 Å². The molecule has 1 aliphatic heterocycles. The minimum atomic E-state index is -3.81. The maximum Gasteiger partial charge on any atom is 0.280 e. The number of carbonyl (C=O) groups is 1. The first-order valence-electron chi connectivity index (χ1n) is 8.41. The molecular formula is C17H22ClN5O3S. The maximum atomic E-state index is 12.9. The van der Waals surface area contributed by atoms with Crippen molar-refractivity contribution in [2.75, 3.05) is 12.4 Å². The molecule has 2 atom stereocenters. The number of amides is 1. The lowest BCUT2D eigenvalue weighted by atomic mass is 10.00. The van der Waals surface area contributed by atoms with E-state index in [0.717, 1.165) is 21.1 Å². The van der Waals surface area contributed by atoms with Crippen LogP contribution in [0.15, 0.2) is 24.4 Å². The lowest BCUT2D eigenvalue weighted by Gasteiger charge is -2.36. The molecule has 10 heteroatoms. The third-order valence-electron chi connectivity index (χ3n) is 5.05. The van der Waals surface area contributed by atoms with Gasteiger partial charge in [-0.25, -0.2) is 0 Å². The van der Waals surface area contributed by atoms with E-state index < -0.39 is 28.2 Å². The molecule has 1 aliphatic rings. The summed E-state index contributed by atoms with van der Waals surface area (Å²) in [7, 11) is -0.633. The Bertz CT molecular complexity index is 988. The van der Waals surface area contributed by atoms with Crippen LogP contribution in [0, 0.1) is 13.8 Å². The number of aromatic nitrogens is 2. The van der Waals surface area contributed by atoms with Crippen molar-refractivity contribution in [1.82, 2.24) is 18.8 Å². The average Bonchev–Trinajstić information content (AvgIpc) is 2.93. The largest absolute Gasteiger partial charge is 0.324 e. The number of rotatable bonds is 3. The van der Waals surface area contributed by atoms with Crippen molar-refractivity contribution in [3.05, 3.63) is 46.2 Å². The summed E-state index contributed by atoms with van der Waals surface area (Å²) in [6, 6.07) is 3.80. The number of benzene rings is 1. The van der Waals surface area contributed by atoms with Gasteiger partial charge in [-0.1, -0.05) is 17.7 Å². The van der Waals surface area contributed by atoms with Crippen LogP contribution < -0.4 is 10.0 Å². The van der Waals surface area contributed by atoms with Crippen LogP contribution in [0.25, 0.3) is 0 Å². The molecule has 0 radical (unpaired) electrons. The van der Waals surface area contributed by atoms with Crippen molar-refractivity contribution in [1.29, 1.82) is 0 Å². The number of nitrogens with zero attached hydrogens (tertiary/aromatic N) is 3. The van der Waals surface area contributed by atoms with Gasteiger partial charge in [0, 0.05) is 36.1 Å². The highest BCUT2D eigenvalue weighted by molar-refractivity contribution is 7.87. The number of aryl methyl sites for hydroxylation is 1. The highest BCUT2D eigenvalue weighted by Crippen LogP contribution is 2.30. The molecule has 1 amide bonds. The fourth-order valence-electron chi connectivity index (χ4n) is 3.13. The zero-order valence-corrected chi connectivity index (χ0v) is 17.1. The Kier molecular flexibility index (Phi) is 5.31.